The number of carbonyl (C=O) groups is 2. The summed E-state index contributed by atoms with van der Waals surface area (Å²) in [6, 6.07) is 24.6. The molecule has 0 saturated heterocycles. The highest BCUT2D eigenvalue weighted by Crippen LogP contribution is 2.27. The molecular weight excluding hydrogens is 444 g/mol. The molecule has 35 heavy (non-hydrogen) atoms. The van der Waals surface area contributed by atoms with Gasteiger partial charge in [0.05, 0.1) is 25.5 Å². The summed E-state index contributed by atoms with van der Waals surface area (Å²) in [7, 11) is 1.56. The number of hydrazone groups is 1. The molecule has 176 valence electrons. The molecule has 0 spiro atoms. The smallest absolute Gasteiger partial charge is 0.343 e. The van der Waals surface area contributed by atoms with E-state index in [2.05, 4.69) is 10.5 Å². The van der Waals surface area contributed by atoms with Gasteiger partial charge in [0, 0.05) is 11.1 Å². The van der Waals surface area contributed by atoms with Crippen LogP contribution in [0.2, 0.25) is 0 Å². The van der Waals surface area contributed by atoms with Crippen LogP contribution in [0, 0.1) is 0 Å². The lowest BCUT2D eigenvalue weighted by molar-refractivity contribution is 0.0734. The van der Waals surface area contributed by atoms with Crippen molar-refractivity contribution >= 4 is 28.9 Å². The fraction of sp³-hybridized carbons (Fsp3) is 0.107. The number of hydrogen-bond donors (Lipinski definition) is 1. The number of nitrogens with zero attached hydrogens (tertiary/aromatic N) is 1. The van der Waals surface area contributed by atoms with Crippen molar-refractivity contribution < 1.29 is 23.8 Å². The molecular formula is C28H24N2O5. The summed E-state index contributed by atoms with van der Waals surface area (Å²) >= 11 is 0. The molecule has 0 atom stereocenters. The van der Waals surface area contributed by atoms with Crippen molar-refractivity contribution in [1.29, 1.82) is 0 Å². The molecule has 0 aromatic heterocycles. The van der Waals surface area contributed by atoms with Gasteiger partial charge in [-0.3, -0.25) is 4.79 Å². The Bertz CT molecular complexity index is 1360. The van der Waals surface area contributed by atoms with Crippen molar-refractivity contribution in [3.05, 3.63) is 102 Å². The first-order valence-corrected chi connectivity index (χ1v) is 11.0. The number of carbonyl (C=O) groups excluding carboxylic acids is 2. The molecule has 0 radical (unpaired) electrons. The molecule has 0 bridgehead atoms. The largest absolute Gasteiger partial charge is 0.497 e. The second kappa shape index (κ2) is 11.0. The third-order valence-electron chi connectivity index (χ3n) is 5.25. The lowest BCUT2D eigenvalue weighted by Crippen LogP contribution is -2.17. The minimum absolute atomic E-state index is 0.324. The second-order valence-electron chi connectivity index (χ2n) is 7.47. The van der Waals surface area contributed by atoms with Gasteiger partial charge in [-0.25, -0.2) is 10.2 Å². The zero-order valence-corrected chi connectivity index (χ0v) is 19.4. The Hall–Kier alpha value is -4.65. The highest BCUT2D eigenvalue weighted by molar-refractivity contribution is 6.04. The maximum atomic E-state index is 12.8. The van der Waals surface area contributed by atoms with Crippen molar-refractivity contribution in [2.24, 2.45) is 5.10 Å². The van der Waals surface area contributed by atoms with E-state index >= 15 is 0 Å². The summed E-state index contributed by atoms with van der Waals surface area (Å²) in [5.41, 5.74) is 3.90. The lowest BCUT2D eigenvalue weighted by Gasteiger charge is -2.11. The third kappa shape index (κ3) is 5.65. The molecule has 0 unspecified atom stereocenters. The Morgan fingerprint density at radius 1 is 0.857 bits per heavy atom. The molecule has 4 aromatic rings. The third-order valence-corrected chi connectivity index (χ3v) is 5.25. The standard InChI is InChI=1S/C28H24N2O5/c1-3-34-23-15-10-21(11-16-23)28(32)35-26-17-12-19-6-4-5-7-24(19)25(26)18-29-30-27(31)20-8-13-22(33-2)14-9-20/h4-18H,3H2,1-2H3,(H,30,31)/b29-18+. The van der Waals surface area contributed by atoms with E-state index in [4.69, 9.17) is 14.2 Å². The molecule has 0 saturated carbocycles. The van der Waals surface area contributed by atoms with E-state index in [1.807, 2.05) is 37.3 Å². The van der Waals surface area contributed by atoms with Gasteiger partial charge in [-0.05, 0) is 72.3 Å². The number of rotatable bonds is 8. The predicted molar refractivity (Wildman–Crippen MR) is 135 cm³/mol. The first-order valence-electron chi connectivity index (χ1n) is 11.0. The van der Waals surface area contributed by atoms with Crippen LogP contribution in [0.1, 0.15) is 33.2 Å². The zero-order valence-electron chi connectivity index (χ0n) is 19.4. The van der Waals surface area contributed by atoms with Gasteiger partial charge in [-0.15, -0.1) is 0 Å². The van der Waals surface area contributed by atoms with Crippen LogP contribution in [0.3, 0.4) is 0 Å². The Labute approximate surface area is 202 Å². The monoisotopic (exact) mass is 468 g/mol. The Morgan fingerprint density at radius 2 is 1.54 bits per heavy atom. The molecule has 0 aliphatic rings. The minimum atomic E-state index is -0.514. The van der Waals surface area contributed by atoms with Crippen molar-refractivity contribution in [3.63, 3.8) is 0 Å². The number of esters is 1. The van der Waals surface area contributed by atoms with Crippen LogP contribution in [0.5, 0.6) is 17.2 Å². The summed E-state index contributed by atoms with van der Waals surface area (Å²) in [4.78, 5) is 25.3. The van der Waals surface area contributed by atoms with Gasteiger partial charge in [0.25, 0.3) is 5.91 Å². The zero-order chi connectivity index (χ0) is 24.6. The fourth-order valence-corrected chi connectivity index (χ4v) is 3.47. The van der Waals surface area contributed by atoms with Gasteiger partial charge in [0.15, 0.2) is 0 Å². The van der Waals surface area contributed by atoms with Gasteiger partial charge in [0.2, 0.25) is 0 Å². The number of methoxy groups -OCH3 is 1. The number of amides is 1. The van der Waals surface area contributed by atoms with E-state index in [1.165, 1.54) is 6.21 Å². The van der Waals surface area contributed by atoms with Crippen LogP contribution in [-0.4, -0.2) is 31.8 Å². The average Bonchev–Trinajstić information content (AvgIpc) is 2.90. The summed E-state index contributed by atoms with van der Waals surface area (Å²) < 4.78 is 16.2. The Kier molecular flexibility index (Phi) is 7.37. The van der Waals surface area contributed by atoms with Crippen molar-refractivity contribution in [2.75, 3.05) is 13.7 Å². The van der Waals surface area contributed by atoms with Gasteiger partial charge in [0.1, 0.15) is 17.2 Å². The second-order valence-corrected chi connectivity index (χ2v) is 7.47. The molecule has 7 heteroatoms. The van der Waals surface area contributed by atoms with E-state index in [0.717, 1.165) is 10.8 Å². The molecule has 0 heterocycles. The maximum absolute atomic E-state index is 12.8. The van der Waals surface area contributed by atoms with Crippen molar-refractivity contribution in [1.82, 2.24) is 5.43 Å². The average molecular weight is 469 g/mol. The van der Waals surface area contributed by atoms with Crippen molar-refractivity contribution in [3.8, 4) is 17.2 Å². The topological polar surface area (TPSA) is 86.2 Å². The number of hydrogen-bond acceptors (Lipinski definition) is 6. The molecule has 7 nitrogen and oxygen atoms in total. The van der Waals surface area contributed by atoms with Crippen LogP contribution in [0.15, 0.2) is 90.0 Å². The number of benzene rings is 4. The SMILES string of the molecule is CCOc1ccc(C(=O)Oc2ccc3ccccc3c2/C=N/NC(=O)c2ccc(OC)cc2)cc1. The number of nitrogens with one attached hydrogen (secondary N) is 1. The van der Waals surface area contributed by atoms with Crippen LogP contribution < -0.4 is 19.6 Å². The molecule has 4 rings (SSSR count). The maximum Gasteiger partial charge on any atom is 0.343 e. The number of fused-ring (bicyclic) bond motifs is 1. The first kappa shape index (κ1) is 23.5. The number of ether oxygens (including phenoxy) is 3. The summed E-state index contributed by atoms with van der Waals surface area (Å²) in [6.45, 7) is 2.43. The van der Waals surface area contributed by atoms with E-state index in [1.54, 1.807) is 61.7 Å². The molecule has 0 aliphatic heterocycles. The van der Waals surface area contributed by atoms with Gasteiger partial charge in [-0.1, -0.05) is 30.3 Å². The van der Waals surface area contributed by atoms with Crippen LogP contribution >= 0.6 is 0 Å². The van der Waals surface area contributed by atoms with E-state index in [0.29, 0.717) is 40.5 Å². The van der Waals surface area contributed by atoms with E-state index < -0.39 is 5.97 Å². The van der Waals surface area contributed by atoms with Crippen LogP contribution in [0.4, 0.5) is 0 Å². The molecule has 4 aromatic carbocycles. The van der Waals surface area contributed by atoms with Crippen LogP contribution in [-0.2, 0) is 0 Å². The lowest BCUT2D eigenvalue weighted by atomic mass is 10.0. The highest BCUT2D eigenvalue weighted by atomic mass is 16.5. The van der Waals surface area contributed by atoms with Crippen LogP contribution in [0.25, 0.3) is 10.8 Å². The minimum Gasteiger partial charge on any atom is -0.497 e. The normalized spacial score (nSPS) is 10.8. The van der Waals surface area contributed by atoms with Gasteiger partial charge < -0.3 is 14.2 Å². The molecule has 1 N–H and O–H groups in total. The fourth-order valence-electron chi connectivity index (χ4n) is 3.47. The highest BCUT2D eigenvalue weighted by Gasteiger charge is 2.14. The Balaban J connectivity index is 1.57. The quantitative estimate of drug-likeness (QED) is 0.166. The molecule has 1 amide bonds. The summed E-state index contributed by atoms with van der Waals surface area (Å²) in [5.74, 6) is 0.761. The van der Waals surface area contributed by atoms with E-state index in [-0.39, 0.29) is 5.91 Å². The first-order chi connectivity index (χ1) is 17.1. The van der Waals surface area contributed by atoms with E-state index in [9.17, 15) is 9.59 Å². The van der Waals surface area contributed by atoms with Gasteiger partial charge >= 0.3 is 5.97 Å². The van der Waals surface area contributed by atoms with Gasteiger partial charge in [-0.2, -0.15) is 5.10 Å². The Morgan fingerprint density at radius 3 is 2.26 bits per heavy atom. The molecule has 0 aliphatic carbocycles. The summed E-state index contributed by atoms with van der Waals surface area (Å²) in [5, 5.41) is 5.89. The summed E-state index contributed by atoms with van der Waals surface area (Å²) in [6.07, 6.45) is 1.48. The molecule has 0 fully saturated rings. The van der Waals surface area contributed by atoms with Crippen molar-refractivity contribution in [2.45, 2.75) is 6.92 Å². The predicted octanol–water partition coefficient (Wildman–Crippen LogP) is 5.23.